The monoisotopic (exact) mass is 368 g/mol. The number of carbonyl (C=O) groups excluding carboxylic acids is 3. The largest absolute Gasteiger partial charge is 0.335 e. The first kappa shape index (κ1) is 17.6. The Labute approximate surface area is 158 Å². The predicted octanol–water partition coefficient (Wildman–Crippen LogP) is 2.68. The minimum Gasteiger partial charge on any atom is -0.335 e. The molecular formula is C20H24N4O3. The van der Waals surface area contributed by atoms with E-state index in [-0.39, 0.29) is 18.0 Å². The van der Waals surface area contributed by atoms with Crippen molar-refractivity contribution in [3.63, 3.8) is 0 Å². The molecule has 2 fully saturated rings. The van der Waals surface area contributed by atoms with E-state index in [4.69, 9.17) is 0 Å². The summed E-state index contributed by atoms with van der Waals surface area (Å²) in [6, 6.07) is 5.33. The van der Waals surface area contributed by atoms with E-state index in [1.54, 1.807) is 0 Å². The van der Waals surface area contributed by atoms with Crippen molar-refractivity contribution < 1.29 is 14.4 Å². The minimum absolute atomic E-state index is 0.0124. The number of rotatable bonds is 2. The summed E-state index contributed by atoms with van der Waals surface area (Å²) in [4.78, 5) is 35.7. The van der Waals surface area contributed by atoms with Gasteiger partial charge in [-0.1, -0.05) is 18.2 Å². The third-order valence-corrected chi connectivity index (χ3v) is 5.71. The van der Waals surface area contributed by atoms with Gasteiger partial charge in [-0.05, 0) is 68.2 Å². The van der Waals surface area contributed by atoms with E-state index in [1.165, 1.54) is 5.56 Å². The molecule has 1 heterocycles. The van der Waals surface area contributed by atoms with Crippen LogP contribution in [0.25, 0.3) is 6.08 Å². The molecule has 4 N–H and O–H groups in total. The number of amides is 5. The maximum Gasteiger partial charge on any atom is 0.322 e. The number of anilines is 1. The third kappa shape index (κ3) is 3.67. The smallest absolute Gasteiger partial charge is 0.322 e. The lowest BCUT2D eigenvalue weighted by molar-refractivity contribution is -0.125. The number of aryl methyl sites for hydroxylation is 1. The number of imide groups is 1. The summed E-state index contributed by atoms with van der Waals surface area (Å²) in [5.74, 6) is -0.256. The van der Waals surface area contributed by atoms with Crippen LogP contribution >= 0.6 is 0 Å². The van der Waals surface area contributed by atoms with Crippen molar-refractivity contribution >= 4 is 29.7 Å². The van der Waals surface area contributed by atoms with Crippen molar-refractivity contribution in [1.29, 1.82) is 0 Å². The van der Waals surface area contributed by atoms with Gasteiger partial charge in [0.15, 0.2) is 0 Å². The molecular weight excluding hydrogens is 344 g/mol. The SMILES string of the molecule is O=C(Nc1ccc2c(c1)C=CCCC2)NC1CCC2(CC1)NC(=O)NC2=O. The lowest BCUT2D eigenvalue weighted by Crippen LogP contribution is -2.53. The highest BCUT2D eigenvalue weighted by Crippen LogP contribution is 2.31. The fourth-order valence-corrected chi connectivity index (χ4v) is 4.16. The van der Waals surface area contributed by atoms with Crippen molar-refractivity contribution in [3.05, 3.63) is 35.4 Å². The summed E-state index contributed by atoms with van der Waals surface area (Å²) in [7, 11) is 0. The van der Waals surface area contributed by atoms with Crippen LogP contribution in [0.1, 0.15) is 49.7 Å². The lowest BCUT2D eigenvalue weighted by Gasteiger charge is -2.34. The molecule has 0 radical (unpaired) electrons. The van der Waals surface area contributed by atoms with Crippen molar-refractivity contribution in [2.75, 3.05) is 5.32 Å². The summed E-state index contributed by atoms with van der Waals surface area (Å²) in [5, 5.41) is 10.9. The summed E-state index contributed by atoms with van der Waals surface area (Å²) < 4.78 is 0. The van der Waals surface area contributed by atoms with E-state index < -0.39 is 11.6 Å². The molecule has 1 saturated heterocycles. The molecule has 7 nitrogen and oxygen atoms in total. The molecule has 0 atom stereocenters. The highest BCUT2D eigenvalue weighted by atomic mass is 16.2. The van der Waals surface area contributed by atoms with Gasteiger partial charge in [-0.15, -0.1) is 0 Å². The van der Waals surface area contributed by atoms with Crippen LogP contribution in [0.15, 0.2) is 24.3 Å². The lowest BCUT2D eigenvalue weighted by atomic mass is 9.79. The van der Waals surface area contributed by atoms with Gasteiger partial charge in [-0.2, -0.15) is 0 Å². The second kappa shape index (κ2) is 7.06. The average Bonchev–Trinajstić information content (AvgIpc) is 2.80. The quantitative estimate of drug-likeness (QED) is 0.604. The Kier molecular flexibility index (Phi) is 4.59. The molecule has 1 aromatic rings. The molecule has 3 aliphatic rings. The topological polar surface area (TPSA) is 99.3 Å². The normalized spacial score (nSPS) is 26.7. The molecule has 1 aromatic carbocycles. The van der Waals surface area contributed by atoms with Crippen LogP contribution in [0.3, 0.4) is 0 Å². The first-order valence-electron chi connectivity index (χ1n) is 9.55. The second-order valence-corrected chi connectivity index (χ2v) is 7.57. The van der Waals surface area contributed by atoms with Crippen LogP contribution in [-0.4, -0.2) is 29.6 Å². The first-order valence-corrected chi connectivity index (χ1v) is 9.55. The van der Waals surface area contributed by atoms with Crippen LogP contribution in [0.5, 0.6) is 0 Å². The van der Waals surface area contributed by atoms with Crippen LogP contribution in [0, 0.1) is 0 Å². The molecule has 5 amide bonds. The van der Waals surface area contributed by atoms with Crippen LogP contribution in [0.4, 0.5) is 15.3 Å². The maximum atomic E-state index is 12.4. The molecule has 2 aliphatic carbocycles. The minimum atomic E-state index is -0.797. The molecule has 0 bridgehead atoms. The van der Waals surface area contributed by atoms with Crippen LogP contribution < -0.4 is 21.3 Å². The Balaban J connectivity index is 1.32. The standard InChI is InChI=1S/C20H24N4O3/c25-17-20(24-19(27)23-17)10-8-15(9-11-20)21-18(26)22-16-7-6-13-4-2-1-3-5-14(13)12-16/h3,5-7,12,15H,1-2,4,8-11H2,(H2,21,22,26)(H2,23,24,25,27). The van der Waals surface area contributed by atoms with Crippen molar-refractivity contribution in [2.45, 2.75) is 56.5 Å². The predicted molar refractivity (Wildman–Crippen MR) is 102 cm³/mol. The van der Waals surface area contributed by atoms with Gasteiger partial charge in [0, 0.05) is 11.7 Å². The highest BCUT2D eigenvalue weighted by Gasteiger charge is 2.48. The zero-order valence-corrected chi connectivity index (χ0v) is 15.1. The number of fused-ring (bicyclic) bond motifs is 1. The fourth-order valence-electron chi connectivity index (χ4n) is 4.16. The maximum absolute atomic E-state index is 12.4. The number of hydrogen-bond acceptors (Lipinski definition) is 3. The van der Waals surface area contributed by atoms with E-state index in [1.807, 2.05) is 12.1 Å². The van der Waals surface area contributed by atoms with Gasteiger partial charge >= 0.3 is 12.1 Å². The summed E-state index contributed by atoms with van der Waals surface area (Å²) in [6.07, 6.45) is 9.93. The molecule has 1 saturated carbocycles. The molecule has 142 valence electrons. The van der Waals surface area contributed by atoms with Gasteiger partial charge in [0.05, 0.1) is 0 Å². The van der Waals surface area contributed by atoms with Gasteiger partial charge in [0.2, 0.25) is 0 Å². The van der Waals surface area contributed by atoms with Crippen molar-refractivity contribution in [3.8, 4) is 0 Å². The summed E-state index contributed by atoms with van der Waals surface area (Å²) in [5.41, 5.74) is 2.44. The molecule has 27 heavy (non-hydrogen) atoms. The number of hydrogen-bond donors (Lipinski definition) is 4. The van der Waals surface area contributed by atoms with Gasteiger partial charge < -0.3 is 16.0 Å². The van der Waals surface area contributed by atoms with E-state index in [2.05, 4.69) is 39.5 Å². The zero-order chi connectivity index (χ0) is 18.9. The number of nitrogens with one attached hydrogen (secondary N) is 4. The number of allylic oxidation sites excluding steroid dienone is 1. The first-order chi connectivity index (χ1) is 13.0. The molecule has 7 heteroatoms. The molecule has 0 unspecified atom stereocenters. The number of urea groups is 2. The van der Waals surface area contributed by atoms with E-state index in [0.29, 0.717) is 25.7 Å². The Morgan fingerprint density at radius 1 is 1.19 bits per heavy atom. The zero-order valence-electron chi connectivity index (χ0n) is 15.1. The Hall–Kier alpha value is -2.83. The Morgan fingerprint density at radius 2 is 2.00 bits per heavy atom. The van der Waals surface area contributed by atoms with Gasteiger partial charge in [0.25, 0.3) is 5.91 Å². The molecule has 4 rings (SSSR count). The van der Waals surface area contributed by atoms with Gasteiger partial charge in [-0.3, -0.25) is 10.1 Å². The van der Waals surface area contributed by atoms with Gasteiger partial charge in [-0.25, -0.2) is 9.59 Å². The van der Waals surface area contributed by atoms with Gasteiger partial charge in [0.1, 0.15) is 5.54 Å². The van der Waals surface area contributed by atoms with E-state index in [9.17, 15) is 14.4 Å². The molecule has 1 aliphatic heterocycles. The number of carbonyl (C=O) groups is 3. The van der Waals surface area contributed by atoms with E-state index >= 15 is 0 Å². The average molecular weight is 368 g/mol. The van der Waals surface area contributed by atoms with Crippen molar-refractivity contribution in [1.82, 2.24) is 16.0 Å². The molecule has 1 spiro atoms. The molecule has 0 aromatic heterocycles. The van der Waals surface area contributed by atoms with Crippen LogP contribution in [0.2, 0.25) is 0 Å². The third-order valence-electron chi connectivity index (χ3n) is 5.71. The fraction of sp³-hybridized carbons (Fsp3) is 0.450. The van der Waals surface area contributed by atoms with Crippen LogP contribution in [-0.2, 0) is 11.2 Å². The van der Waals surface area contributed by atoms with Crippen molar-refractivity contribution in [2.24, 2.45) is 0 Å². The number of benzene rings is 1. The summed E-state index contributed by atoms with van der Waals surface area (Å²) in [6.45, 7) is 0. The Morgan fingerprint density at radius 3 is 2.74 bits per heavy atom. The Bertz CT molecular complexity index is 809. The highest BCUT2D eigenvalue weighted by molar-refractivity contribution is 6.07. The van der Waals surface area contributed by atoms with E-state index in [0.717, 1.165) is 30.5 Å². The second-order valence-electron chi connectivity index (χ2n) is 7.57. The summed E-state index contributed by atoms with van der Waals surface area (Å²) >= 11 is 0.